The number of hydrogen-bond donors (Lipinski definition) is 3. The van der Waals surface area contributed by atoms with E-state index < -0.39 is 6.10 Å². The molecule has 1 aromatic carbocycles. The van der Waals surface area contributed by atoms with Gasteiger partial charge in [-0.3, -0.25) is 9.59 Å². The lowest BCUT2D eigenvalue weighted by atomic mass is 10.0. The fraction of sp³-hybridized carbons (Fsp3) is 0.429. The van der Waals surface area contributed by atoms with Gasteiger partial charge in [0.15, 0.2) is 0 Å². The average molecular weight is 264 g/mol. The first-order valence-corrected chi connectivity index (χ1v) is 6.31. The molecule has 0 heterocycles. The lowest BCUT2D eigenvalue weighted by molar-refractivity contribution is -0.105. The second-order valence-electron chi connectivity index (χ2n) is 4.70. The normalized spacial score (nSPS) is 12.0. The van der Waals surface area contributed by atoms with Gasteiger partial charge in [-0.25, -0.2) is 0 Å². The Hall–Kier alpha value is -1.88. The van der Waals surface area contributed by atoms with E-state index in [0.717, 1.165) is 0 Å². The summed E-state index contributed by atoms with van der Waals surface area (Å²) >= 11 is 0. The summed E-state index contributed by atoms with van der Waals surface area (Å²) in [5.74, 6) is -0.000731. The third kappa shape index (κ3) is 5.09. The highest BCUT2D eigenvalue weighted by Gasteiger charge is 2.10. The molecule has 5 nitrogen and oxygen atoms in total. The second-order valence-corrected chi connectivity index (χ2v) is 4.70. The Morgan fingerprint density at radius 3 is 2.47 bits per heavy atom. The predicted octanol–water partition coefficient (Wildman–Crippen LogP) is 1.39. The number of aliphatic hydroxyl groups excluding tert-OH is 1. The van der Waals surface area contributed by atoms with Gasteiger partial charge in [0, 0.05) is 17.8 Å². The molecule has 1 atom stereocenters. The first-order chi connectivity index (χ1) is 9.04. The van der Waals surface area contributed by atoms with Gasteiger partial charge in [0.25, 0.3) is 5.91 Å². The molecule has 3 N–H and O–H groups in total. The first kappa shape index (κ1) is 15.2. The Morgan fingerprint density at radius 1 is 1.32 bits per heavy atom. The van der Waals surface area contributed by atoms with Crippen LogP contribution in [-0.4, -0.2) is 30.1 Å². The predicted molar refractivity (Wildman–Crippen MR) is 73.9 cm³/mol. The number of amides is 2. The van der Waals surface area contributed by atoms with Crippen LogP contribution in [0.5, 0.6) is 0 Å². The smallest absolute Gasteiger partial charge is 0.251 e. The summed E-state index contributed by atoms with van der Waals surface area (Å²) in [5.41, 5.74) is 1.16. The molecule has 0 aliphatic heterocycles. The lowest BCUT2D eigenvalue weighted by Crippen LogP contribution is -2.28. The van der Waals surface area contributed by atoms with Gasteiger partial charge in [0.05, 0.1) is 6.10 Å². The maximum atomic E-state index is 11.8. The molecule has 0 aromatic heterocycles. The molecule has 0 aliphatic carbocycles. The summed E-state index contributed by atoms with van der Waals surface area (Å²) in [6.07, 6.45) is 0.718. The Labute approximate surface area is 113 Å². The minimum absolute atomic E-state index is 0.186. The van der Waals surface area contributed by atoms with Gasteiger partial charge in [-0.05, 0) is 36.6 Å². The van der Waals surface area contributed by atoms with Gasteiger partial charge in [-0.1, -0.05) is 13.8 Å². The van der Waals surface area contributed by atoms with E-state index in [1.807, 2.05) is 13.8 Å². The summed E-state index contributed by atoms with van der Waals surface area (Å²) in [6.45, 7) is 4.31. The van der Waals surface area contributed by atoms with Gasteiger partial charge >= 0.3 is 0 Å². The number of hydrogen-bond acceptors (Lipinski definition) is 3. The SMILES string of the molecule is CC(C)C(O)CCNC(=O)c1ccc(NC=O)cc1. The van der Waals surface area contributed by atoms with Crippen LogP contribution in [0.15, 0.2) is 24.3 Å². The second kappa shape index (κ2) is 7.53. The van der Waals surface area contributed by atoms with Crippen LogP contribution in [0, 0.1) is 5.92 Å². The molecule has 0 saturated heterocycles. The molecule has 104 valence electrons. The summed E-state index contributed by atoms with van der Waals surface area (Å²) in [5, 5.41) is 14.9. The molecular formula is C14H20N2O3. The lowest BCUT2D eigenvalue weighted by Gasteiger charge is -2.14. The molecule has 19 heavy (non-hydrogen) atoms. The molecule has 1 unspecified atom stereocenters. The van der Waals surface area contributed by atoms with E-state index in [0.29, 0.717) is 30.6 Å². The molecule has 0 radical (unpaired) electrons. The fourth-order valence-corrected chi connectivity index (χ4v) is 1.55. The van der Waals surface area contributed by atoms with Crippen LogP contribution in [0.4, 0.5) is 5.69 Å². The standard InChI is InChI=1S/C14H20N2O3/c1-10(2)13(18)7-8-15-14(19)11-3-5-12(6-4-11)16-9-17/h3-6,9-10,13,18H,7-8H2,1-2H3,(H,15,19)(H,16,17). The van der Waals surface area contributed by atoms with Gasteiger partial charge in [-0.15, -0.1) is 0 Å². The van der Waals surface area contributed by atoms with Crippen LogP contribution >= 0.6 is 0 Å². The van der Waals surface area contributed by atoms with Crippen molar-refractivity contribution in [2.75, 3.05) is 11.9 Å². The van der Waals surface area contributed by atoms with Gasteiger partial charge in [-0.2, -0.15) is 0 Å². The minimum Gasteiger partial charge on any atom is -0.393 e. The Kier molecular flexibility index (Phi) is 6.02. The van der Waals surface area contributed by atoms with E-state index in [9.17, 15) is 14.7 Å². The molecule has 0 bridgehead atoms. The average Bonchev–Trinajstić information content (AvgIpc) is 2.39. The molecule has 1 aromatic rings. The molecule has 0 spiro atoms. The number of nitrogens with one attached hydrogen (secondary N) is 2. The Bertz CT molecular complexity index is 415. The van der Waals surface area contributed by atoms with E-state index in [4.69, 9.17) is 0 Å². The highest BCUT2D eigenvalue weighted by Crippen LogP contribution is 2.09. The molecule has 0 aliphatic rings. The van der Waals surface area contributed by atoms with Crippen LogP contribution in [0.25, 0.3) is 0 Å². The zero-order valence-corrected chi connectivity index (χ0v) is 11.2. The molecular weight excluding hydrogens is 244 g/mol. The largest absolute Gasteiger partial charge is 0.393 e. The summed E-state index contributed by atoms with van der Waals surface area (Å²) in [4.78, 5) is 22.0. The van der Waals surface area contributed by atoms with Crippen LogP contribution in [-0.2, 0) is 4.79 Å². The first-order valence-electron chi connectivity index (χ1n) is 6.31. The van der Waals surface area contributed by atoms with Crippen LogP contribution in [0.3, 0.4) is 0 Å². The van der Waals surface area contributed by atoms with Crippen molar-refractivity contribution < 1.29 is 14.7 Å². The molecule has 5 heteroatoms. The summed E-state index contributed by atoms with van der Waals surface area (Å²) in [7, 11) is 0. The van der Waals surface area contributed by atoms with Crippen molar-refractivity contribution in [2.24, 2.45) is 5.92 Å². The van der Waals surface area contributed by atoms with Crippen molar-refractivity contribution in [3.05, 3.63) is 29.8 Å². The summed E-state index contributed by atoms with van der Waals surface area (Å²) in [6, 6.07) is 6.60. The molecule has 0 fully saturated rings. The van der Waals surface area contributed by atoms with Crippen molar-refractivity contribution >= 4 is 18.0 Å². The van der Waals surface area contributed by atoms with Gasteiger partial charge < -0.3 is 15.7 Å². The van der Waals surface area contributed by atoms with E-state index in [1.165, 1.54) is 0 Å². The van der Waals surface area contributed by atoms with Crippen molar-refractivity contribution in [3.63, 3.8) is 0 Å². The maximum Gasteiger partial charge on any atom is 0.251 e. The van der Waals surface area contributed by atoms with Crippen LogP contribution in [0.1, 0.15) is 30.6 Å². The molecule has 0 saturated carbocycles. The Balaban J connectivity index is 2.43. The number of aliphatic hydroxyl groups is 1. The number of benzene rings is 1. The zero-order valence-electron chi connectivity index (χ0n) is 11.2. The van der Waals surface area contributed by atoms with E-state index >= 15 is 0 Å². The van der Waals surface area contributed by atoms with E-state index in [2.05, 4.69) is 10.6 Å². The summed E-state index contributed by atoms with van der Waals surface area (Å²) < 4.78 is 0. The highest BCUT2D eigenvalue weighted by molar-refractivity contribution is 5.94. The van der Waals surface area contributed by atoms with E-state index in [1.54, 1.807) is 24.3 Å². The quantitative estimate of drug-likeness (QED) is 0.651. The molecule has 2 amide bonds. The maximum absolute atomic E-state index is 11.8. The molecule has 1 rings (SSSR count). The van der Waals surface area contributed by atoms with Crippen LogP contribution < -0.4 is 10.6 Å². The van der Waals surface area contributed by atoms with Crippen molar-refractivity contribution in [1.82, 2.24) is 5.32 Å². The number of anilines is 1. The van der Waals surface area contributed by atoms with Gasteiger partial charge in [0.2, 0.25) is 6.41 Å². The number of carbonyl (C=O) groups excluding carboxylic acids is 2. The van der Waals surface area contributed by atoms with E-state index in [-0.39, 0.29) is 11.8 Å². The third-order valence-corrected chi connectivity index (χ3v) is 2.87. The monoisotopic (exact) mass is 264 g/mol. The topological polar surface area (TPSA) is 78.4 Å². The highest BCUT2D eigenvalue weighted by atomic mass is 16.3. The van der Waals surface area contributed by atoms with Crippen molar-refractivity contribution in [1.29, 1.82) is 0 Å². The minimum atomic E-state index is -0.403. The van der Waals surface area contributed by atoms with Crippen molar-refractivity contribution in [3.8, 4) is 0 Å². The Morgan fingerprint density at radius 2 is 1.95 bits per heavy atom. The van der Waals surface area contributed by atoms with Gasteiger partial charge in [0.1, 0.15) is 0 Å². The number of rotatable bonds is 7. The van der Waals surface area contributed by atoms with Crippen molar-refractivity contribution in [2.45, 2.75) is 26.4 Å². The fourth-order valence-electron chi connectivity index (χ4n) is 1.55. The zero-order chi connectivity index (χ0) is 14.3. The number of carbonyl (C=O) groups is 2. The van der Waals surface area contributed by atoms with Crippen LogP contribution in [0.2, 0.25) is 0 Å². The third-order valence-electron chi connectivity index (χ3n) is 2.87.